The van der Waals surface area contributed by atoms with Crippen LogP contribution in [0.4, 0.5) is 11.6 Å². The Labute approximate surface area is 490 Å². The Balaban J connectivity index is 1.26. The molecule has 0 amide bonds. The minimum absolute atomic E-state index is 0.0598. The number of hydrogen-bond acceptors (Lipinski definition) is 12. The number of carboxylic acid groups (broad SMARTS) is 4. The Morgan fingerprint density at radius 1 is 0.310 bits per heavy atom. The van der Waals surface area contributed by atoms with Crippen molar-refractivity contribution in [3.05, 3.63) is 250 Å². The van der Waals surface area contributed by atoms with Gasteiger partial charge in [0.1, 0.15) is 22.6 Å². The van der Waals surface area contributed by atoms with E-state index in [1.54, 1.807) is 0 Å². The van der Waals surface area contributed by atoms with Crippen molar-refractivity contribution in [3.63, 3.8) is 0 Å². The molecule has 12 aromatic rings. The second kappa shape index (κ2) is 18.5. The van der Waals surface area contributed by atoms with Gasteiger partial charge in [-0.1, -0.05) is 170 Å². The summed E-state index contributed by atoms with van der Waals surface area (Å²) in [5.74, 6) is -7.14. The third kappa shape index (κ3) is 7.27. The topological polar surface area (TPSA) is 274 Å². The maximum atomic E-state index is 14.7. The standard InChI is InChI=1S/C68H38N8O10Si/c77-65(78)45-29-41-42(30-46(45)66(79)80)59-69-57(41)71-61-53-49(33-17-5-1-6-18-33)37-25-13-14-26-38(37)50(34-19-7-2-8-20-34)54(53)62-72-58-43-31-47(67(81)82)48(68(83)84)32-44(43)60(70-58)74-64-56-52(36-23-11-4-12-24-36)40-28-16-15-27-39(40)51(35-21-9-3-10-22-35)55(56)63(73-59)76(64)87(85,86)75(61)62/h1-32,85-86H,(H,77,78)(H,79,80)(H,81,82)(H,83,84). The molecule has 0 atom stereocenters. The highest BCUT2D eigenvalue weighted by Gasteiger charge is 2.49. The number of benzene rings is 10. The normalized spacial score (nSPS) is 14.1. The highest BCUT2D eigenvalue weighted by atomic mass is 28.4. The average molecular weight is 1160 g/mol. The Bertz CT molecular complexity index is 5160. The van der Waals surface area contributed by atoms with Gasteiger partial charge in [-0.3, -0.25) is 8.47 Å². The molecule has 414 valence electrons. The van der Waals surface area contributed by atoms with E-state index < -0.39 is 55.0 Å². The molecule has 16 rings (SSSR count). The molecule has 2 aromatic heterocycles. The number of nitrogens with zero attached hydrogens (tertiary/aromatic N) is 8. The van der Waals surface area contributed by atoms with E-state index in [9.17, 15) is 49.2 Å². The van der Waals surface area contributed by atoms with E-state index in [0.717, 1.165) is 0 Å². The van der Waals surface area contributed by atoms with Gasteiger partial charge in [0, 0.05) is 66.1 Å². The average Bonchev–Trinajstić information content (AvgIpc) is 1.68. The van der Waals surface area contributed by atoms with Gasteiger partial charge >= 0.3 is 32.8 Å². The zero-order valence-corrected chi connectivity index (χ0v) is 45.9. The smallest absolute Gasteiger partial charge is 0.478 e. The van der Waals surface area contributed by atoms with E-state index in [1.165, 1.54) is 32.7 Å². The lowest BCUT2D eigenvalue weighted by Crippen LogP contribution is -2.60. The minimum Gasteiger partial charge on any atom is -0.478 e. The first-order valence-electron chi connectivity index (χ1n) is 27.3. The SMILES string of the molecule is O=C(O)c1cc2c(cc1C(=O)O)C1=Nc3c4c(-c5ccccc5)c5ccccc5c(-c5ccccc5)c4c4n3[Si](O)(O)n3c(c5c(-c6ccccc6)c6ccccc6c(-c6ccccc6)c5c3=NC3=NC(=N4)c4cc(C(=O)O)c(C(=O)O)cc43)=NC2=N1. The zero-order chi connectivity index (χ0) is 59.3. The summed E-state index contributed by atoms with van der Waals surface area (Å²) in [5.41, 5.74) is 2.52. The first kappa shape index (κ1) is 50.8. The van der Waals surface area contributed by atoms with Crippen molar-refractivity contribution in [1.29, 1.82) is 0 Å². The second-order valence-electron chi connectivity index (χ2n) is 21.2. The van der Waals surface area contributed by atoms with Crippen LogP contribution in [0.2, 0.25) is 0 Å². The van der Waals surface area contributed by atoms with Crippen LogP contribution in [0.5, 0.6) is 0 Å². The summed E-state index contributed by atoms with van der Waals surface area (Å²) in [4.78, 5) is 114. The second-order valence-corrected chi connectivity index (χ2v) is 23.3. The predicted octanol–water partition coefficient (Wildman–Crippen LogP) is 11.1. The number of fused-ring (bicyclic) bond motifs is 16. The number of rotatable bonds is 8. The van der Waals surface area contributed by atoms with Gasteiger partial charge in [-0.2, -0.15) is 0 Å². The maximum absolute atomic E-state index is 14.7. The lowest BCUT2D eigenvalue weighted by molar-refractivity contribution is 0.0651. The first-order chi connectivity index (χ1) is 42.3. The van der Waals surface area contributed by atoms with Crippen LogP contribution in [-0.4, -0.2) is 94.6 Å². The lowest BCUT2D eigenvalue weighted by atomic mass is 9.87. The van der Waals surface area contributed by atoms with Crippen molar-refractivity contribution in [2.75, 3.05) is 0 Å². The van der Waals surface area contributed by atoms with E-state index >= 15 is 0 Å². The van der Waals surface area contributed by atoms with Gasteiger partial charge in [0.2, 0.25) is 0 Å². The summed E-state index contributed by atoms with van der Waals surface area (Å²) in [5, 5.41) is 46.9. The van der Waals surface area contributed by atoms with Gasteiger partial charge < -0.3 is 30.0 Å². The van der Waals surface area contributed by atoms with E-state index in [4.69, 9.17) is 30.0 Å². The fourth-order valence-electron chi connectivity index (χ4n) is 13.0. The summed E-state index contributed by atoms with van der Waals surface area (Å²) >= 11 is 0. The number of aromatic nitrogens is 2. The van der Waals surface area contributed by atoms with E-state index in [1.807, 2.05) is 170 Å². The Kier molecular flexibility index (Phi) is 10.8. The molecule has 0 saturated carbocycles. The monoisotopic (exact) mass is 1150 g/mol. The third-order valence-corrected chi connectivity index (χ3v) is 18.5. The van der Waals surface area contributed by atoms with Crippen molar-refractivity contribution in [1.82, 2.24) is 8.47 Å². The van der Waals surface area contributed by atoms with Crippen LogP contribution in [0.25, 0.3) is 87.6 Å². The van der Waals surface area contributed by atoms with Gasteiger partial charge in [0.25, 0.3) is 0 Å². The van der Waals surface area contributed by atoms with Gasteiger partial charge in [0.15, 0.2) is 23.3 Å². The minimum atomic E-state index is -5.93. The molecule has 6 bridgehead atoms. The van der Waals surface area contributed by atoms with Crippen LogP contribution in [-0.2, 0) is 0 Å². The fraction of sp³-hybridized carbons (Fsp3) is 0. The van der Waals surface area contributed by atoms with E-state index in [-0.39, 0.29) is 68.2 Å². The molecule has 0 unspecified atom stereocenters. The molecular weight excluding hydrogens is 1120 g/mol. The number of carbonyl (C=O) groups is 4. The van der Waals surface area contributed by atoms with Gasteiger partial charge in [0.05, 0.1) is 22.3 Å². The summed E-state index contributed by atoms with van der Waals surface area (Å²) < 4.78 is 2.50. The molecule has 18 nitrogen and oxygen atoms in total. The molecule has 19 heteroatoms. The molecule has 0 saturated heterocycles. The quantitative estimate of drug-likeness (QED) is 0.0783. The largest absolute Gasteiger partial charge is 0.597 e. The molecular formula is C68H38N8O10Si. The maximum Gasteiger partial charge on any atom is 0.597 e. The van der Waals surface area contributed by atoms with Crippen molar-refractivity contribution in [3.8, 4) is 44.5 Å². The van der Waals surface area contributed by atoms with Crippen LogP contribution in [0, 0.1) is 0 Å². The van der Waals surface area contributed by atoms with Gasteiger partial charge in [-0.25, -0.2) is 49.1 Å². The predicted molar refractivity (Wildman–Crippen MR) is 330 cm³/mol. The van der Waals surface area contributed by atoms with Crippen molar-refractivity contribution >= 4 is 111 Å². The molecule has 0 aliphatic carbocycles. The Hall–Kier alpha value is -11.9. The first-order valence-corrected chi connectivity index (χ1v) is 29.1. The van der Waals surface area contributed by atoms with Gasteiger partial charge in [-0.15, -0.1) is 0 Å². The molecule has 10 aromatic carbocycles. The van der Waals surface area contributed by atoms with Crippen molar-refractivity contribution in [2.24, 2.45) is 30.0 Å². The van der Waals surface area contributed by atoms with E-state index in [2.05, 4.69) is 0 Å². The van der Waals surface area contributed by atoms with Crippen molar-refractivity contribution in [2.45, 2.75) is 0 Å². The highest BCUT2D eigenvalue weighted by Crippen LogP contribution is 2.54. The van der Waals surface area contributed by atoms with Crippen molar-refractivity contribution < 1.29 is 49.2 Å². The molecule has 4 aliphatic heterocycles. The molecule has 4 aliphatic rings. The Morgan fingerprint density at radius 3 is 0.839 bits per heavy atom. The van der Waals surface area contributed by atoms with Crippen LogP contribution < -0.4 is 11.0 Å². The van der Waals surface area contributed by atoms with Crippen LogP contribution in [0.3, 0.4) is 0 Å². The summed E-state index contributed by atoms with van der Waals surface area (Å²) in [6.07, 6.45) is 0. The summed E-state index contributed by atoms with van der Waals surface area (Å²) in [6.45, 7) is 0. The van der Waals surface area contributed by atoms with Crippen LogP contribution in [0.15, 0.2) is 224 Å². The van der Waals surface area contributed by atoms with Crippen LogP contribution >= 0.6 is 0 Å². The summed E-state index contributed by atoms with van der Waals surface area (Å²) in [6, 6.07) is 57.7. The molecule has 0 spiro atoms. The summed E-state index contributed by atoms with van der Waals surface area (Å²) in [7, 11) is -5.93. The number of hydrogen-bond donors (Lipinski definition) is 6. The molecule has 6 N–H and O–H groups in total. The number of carboxylic acids is 4. The number of aromatic carboxylic acids is 4. The fourth-order valence-corrected chi connectivity index (χ4v) is 14.9. The zero-order valence-electron chi connectivity index (χ0n) is 44.9. The molecule has 0 radical (unpaired) electrons. The van der Waals surface area contributed by atoms with E-state index in [0.29, 0.717) is 87.6 Å². The van der Waals surface area contributed by atoms with Gasteiger partial charge in [-0.05, 0) is 68.1 Å². The molecule has 0 fully saturated rings. The number of amidine groups is 4. The van der Waals surface area contributed by atoms with Crippen LogP contribution in [0.1, 0.15) is 63.7 Å². The highest BCUT2D eigenvalue weighted by molar-refractivity contribution is 6.64. The molecule has 6 heterocycles. The lowest BCUT2D eigenvalue weighted by Gasteiger charge is -2.24. The third-order valence-electron chi connectivity index (χ3n) is 16.5. The Morgan fingerprint density at radius 2 is 0.563 bits per heavy atom. The number of aliphatic imine (C=N–C) groups is 4. The molecule has 87 heavy (non-hydrogen) atoms.